The largest absolute Gasteiger partial charge is 0.573 e. The predicted octanol–water partition coefficient (Wildman–Crippen LogP) is 5.09. The molecule has 3 aromatic rings. The van der Waals surface area contributed by atoms with Crippen molar-refractivity contribution < 1.29 is 22.3 Å². The molecule has 0 aliphatic heterocycles. The van der Waals surface area contributed by atoms with Gasteiger partial charge in [-0.05, 0) is 34.7 Å². The lowest BCUT2D eigenvalue weighted by atomic mass is 10.1. The topological polar surface area (TPSA) is 22.4 Å². The highest BCUT2D eigenvalue weighted by molar-refractivity contribution is 14.1. The summed E-state index contributed by atoms with van der Waals surface area (Å²) in [6.45, 7) is 0. The highest BCUT2D eigenvalue weighted by Crippen LogP contribution is 2.38. The zero-order chi connectivity index (χ0) is 13.6. The Morgan fingerprint density at radius 1 is 0.947 bits per heavy atom. The first-order chi connectivity index (χ1) is 8.96. The molecule has 0 amide bonds. The number of fused-ring (bicyclic) bond motifs is 3. The van der Waals surface area contributed by atoms with Crippen molar-refractivity contribution in [2.45, 2.75) is 6.36 Å². The molecule has 0 fully saturated rings. The molecule has 19 heavy (non-hydrogen) atoms. The Morgan fingerprint density at radius 2 is 1.58 bits per heavy atom. The van der Waals surface area contributed by atoms with Gasteiger partial charge in [-0.2, -0.15) is 0 Å². The van der Waals surface area contributed by atoms with E-state index in [1.165, 1.54) is 12.1 Å². The summed E-state index contributed by atoms with van der Waals surface area (Å²) in [5, 5.41) is 1.38. The normalized spacial score (nSPS) is 12.2. The Hall–Kier alpha value is -1.44. The highest BCUT2D eigenvalue weighted by Gasteiger charge is 2.32. The van der Waals surface area contributed by atoms with Crippen LogP contribution in [0.25, 0.3) is 21.9 Å². The van der Waals surface area contributed by atoms with Crippen LogP contribution in [0.4, 0.5) is 13.2 Å². The molecule has 2 nitrogen and oxygen atoms in total. The lowest BCUT2D eigenvalue weighted by molar-refractivity contribution is -0.274. The lowest BCUT2D eigenvalue weighted by Crippen LogP contribution is -2.17. The molecule has 3 rings (SSSR count). The fraction of sp³-hybridized carbons (Fsp3) is 0.0769. The van der Waals surface area contributed by atoms with Gasteiger partial charge in [-0.1, -0.05) is 24.3 Å². The van der Waals surface area contributed by atoms with Crippen LogP contribution in [0.1, 0.15) is 0 Å². The maximum atomic E-state index is 12.3. The molecule has 0 aliphatic carbocycles. The molecule has 6 heteroatoms. The first-order valence-corrected chi connectivity index (χ1v) is 6.39. The summed E-state index contributed by atoms with van der Waals surface area (Å²) in [7, 11) is 0. The van der Waals surface area contributed by atoms with E-state index in [9.17, 15) is 13.2 Å². The summed E-state index contributed by atoms with van der Waals surface area (Å²) in [4.78, 5) is 0. The highest BCUT2D eigenvalue weighted by atomic mass is 127. The van der Waals surface area contributed by atoms with E-state index < -0.39 is 6.36 Å². The third kappa shape index (κ3) is 2.24. The van der Waals surface area contributed by atoms with Crippen molar-refractivity contribution in [3.05, 3.63) is 40.0 Å². The molecular weight excluding hydrogens is 372 g/mol. The predicted molar refractivity (Wildman–Crippen MR) is 73.1 cm³/mol. The van der Waals surface area contributed by atoms with Gasteiger partial charge in [0.2, 0.25) is 0 Å². The van der Waals surface area contributed by atoms with E-state index in [-0.39, 0.29) is 11.3 Å². The Bertz CT molecular complexity index is 761. The zero-order valence-electron chi connectivity index (χ0n) is 9.29. The van der Waals surface area contributed by atoms with E-state index in [0.29, 0.717) is 11.0 Å². The van der Waals surface area contributed by atoms with Gasteiger partial charge in [-0.3, -0.25) is 0 Å². The van der Waals surface area contributed by atoms with Crippen LogP contribution < -0.4 is 4.74 Å². The first-order valence-electron chi connectivity index (χ1n) is 5.31. The van der Waals surface area contributed by atoms with Crippen LogP contribution in [0.15, 0.2) is 40.8 Å². The van der Waals surface area contributed by atoms with Gasteiger partial charge in [0, 0.05) is 10.8 Å². The lowest BCUT2D eigenvalue weighted by Gasteiger charge is -2.08. The van der Waals surface area contributed by atoms with E-state index in [2.05, 4.69) is 27.3 Å². The second-order valence-electron chi connectivity index (χ2n) is 3.90. The van der Waals surface area contributed by atoms with Crippen LogP contribution in [-0.4, -0.2) is 6.36 Å². The molecule has 2 aromatic carbocycles. The van der Waals surface area contributed by atoms with Crippen molar-refractivity contribution in [3.8, 4) is 5.75 Å². The monoisotopic (exact) mass is 378 g/mol. The third-order valence-electron chi connectivity index (χ3n) is 2.67. The SMILES string of the molecule is FC(F)(F)Oc1cccc2c1oc1c(I)cccc12. The number of benzene rings is 2. The summed E-state index contributed by atoms with van der Waals surface area (Å²) in [6, 6.07) is 9.93. The third-order valence-corrected chi connectivity index (χ3v) is 3.52. The van der Waals surface area contributed by atoms with Gasteiger partial charge in [-0.15, -0.1) is 13.2 Å². The van der Waals surface area contributed by atoms with Gasteiger partial charge in [-0.25, -0.2) is 0 Å². The maximum Gasteiger partial charge on any atom is 0.573 e. The van der Waals surface area contributed by atoms with Crippen LogP contribution in [-0.2, 0) is 0 Å². The second kappa shape index (κ2) is 4.29. The Kier molecular flexibility index (Phi) is 2.84. The molecule has 1 aromatic heterocycles. The van der Waals surface area contributed by atoms with Crippen molar-refractivity contribution in [1.82, 2.24) is 0 Å². The average molecular weight is 378 g/mol. The van der Waals surface area contributed by atoms with Gasteiger partial charge in [0.05, 0.1) is 3.57 Å². The van der Waals surface area contributed by atoms with Gasteiger partial charge < -0.3 is 9.15 Å². The molecule has 0 spiro atoms. The van der Waals surface area contributed by atoms with Crippen LogP contribution in [0.2, 0.25) is 0 Å². The molecule has 0 atom stereocenters. The molecule has 0 aliphatic rings. The number of halogens is 4. The number of ether oxygens (including phenoxy) is 1. The Labute approximate surface area is 119 Å². The Morgan fingerprint density at radius 3 is 2.26 bits per heavy atom. The molecule has 0 unspecified atom stereocenters. The second-order valence-corrected chi connectivity index (χ2v) is 5.06. The fourth-order valence-corrected chi connectivity index (χ4v) is 2.57. The molecule has 0 saturated carbocycles. The molecule has 0 bridgehead atoms. The van der Waals surface area contributed by atoms with Crippen molar-refractivity contribution in [2.24, 2.45) is 0 Å². The van der Waals surface area contributed by atoms with Crippen molar-refractivity contribution in [1.29, 1.82) is 0 Å². The molecule has 0 saturated heterocycles. The summed E-state index contributed by atoms with van der Waals surface area (Å²) < 4.78 is 47.4. The van der Waals surface area contributed by atoms with Crippen molar-refractivity contribution in [3.63, 3.8) is 0 Å². The van der Waals surface area contributed by atoms with Gasteiger partial charge in [0.1, 0.15) is 5.58 Å². The van der Waals surface area contributed by atoms with E-state index in [4.69, 9.17) is 4.42 Å². The average Bonchev–Trinajstić information content (AvgIpc) is 2.69. The summed E-state index contributed by atoms with van der Waals surface area (Å²) in [5.41, 5.74) is 0.676. The molecule has 0 N–H and O–H groups in total. The van der Waals surface area contributed by atoms with E-state index in [1.54, 1.807) is 12.1 Å². The van der Waals surface area contributed by atoms with E-state index >= 15 is 0 Å². The number of alkyl halides is 3. The molecule has 1 heterocycles. The summed E-state index contributed by atoms with van der Waals surface area (Å²) in [6.07, 6.45) is -4.74. The number of hydrogen-bond donors (Lipinski definition) is 0. The first kappa shape index (κ1) is 12.6. The fourth-order valence-electron chi connectivity index (χ4n) is 1.96. The van der Waals surface area contributed by atoms with Gasteiger partial charge >= 0.3 is 6.36 Å². The van der Waals surface area contributed by atoms with Gasteiger partial charge in [0.25, 0.3) is 0 Å². The molecule has 0 radical (unpaired) electrons. The standard InChI is InChI=1S/C13H6F3IO2/c14-13(15,16)19-10-6-2-4-8-7-3-1-5-9(17)11(7)18-12(8)10/h1-6H. The number of rotatable bonds is 1. The number of furan rings is 1. The minimum Gasteiger partial charge on any atom is -0.451 e. The van der Waals surface area contributed by atoms with Crippen LogP contribution in [0, 0.1) is 3.57 Å². The summed E-state index contributed by atoms with van der Waals surface area (Å²) >= 11 is 2.08. The van der Waals surface area contributed by atoms with Gasteiger partial charge in [0.15, 0.2) is 11.3 Å². The zero-order valence-corrected chi connectivity index (χ0v) is 11.4. The van der Waals surface area contributed by atoms with Crippen molar-refractivity contribution in [2.75, 3.05) is 0 Å². The number of para-hydroxylation sites is 2. The van der Waals surface area contributed by atoms with Crippen LogP contribution in [0.3, 0.4) is 0 Å². The molecule has 98 valence electrons. The maximum absolute atomic E-state index is 12.3. The van der Waals surface area contributed by atoms with Crippen LogP contribution in [0.5, 0.6) is 5.75 Å². The minimum absolute atomic E-state index is 0.110. The van der Waals surface area contributed by atoms with Crippen molar-refractivity contribution >= 4 is 44.5 Å². The molecular formula is C13H6F3IO2. The van der Waals surface area contributed by atoms with E-state index in [0.717, 1.165) is 8.96 Å². The minimum atomic E-state index is -4.74. The number of hydrogen-bond acceptors (Lipinski definition) is 2. The smallest absolute Gasteiger partial charge is 0.451 e. The van der Waals surface area contributed by atoms with E-state index in [1.807, 2.05) is 12.1 Å². The Balaban J connectivity index is 2.31. The quantitative estimate of drug-likeness (QED) is 0.551. The summed E-state index contributed by atoms with van der Waals surface area (Å²) in [5.74, 6) is -0.322. The van der Waals surface area contributed by atoms with Crippen LogP contribution >= 0.6 is 22.6 Å².